The highest BCUT2D eigenvalue weighted by Crippen LogP contribution is 2.10. The fraction of sp³-hybridized carbons (Fsp3) is 0.700. The second kappa shape index (κ2) is 4.42. The van der Waals surface area contributed by atoms with Crippen LogP contribution in [0.5, 0.6) is 0 Å². The first-order valence-electron chi connectivity index (χ1n) is 4.87. The molecule has 2 N–H and O–H groups in total. The minimum atomic E-state index is 0.294. The van der Waals surface area contributed by atoms with E-state index in [2.05, 4.69) is 25.0 Å². The molecule has 1 aromatic rings. The Morgan fingerprint density at radius 2 is 2.31 bits per heavy atom. The lowest BCUT2D eigenvalue weighted by molar-refractivity contribution is 0.437. The number of rotatable bonds is 4. The van der Waals surface area contributed by atoms with Crippen molar-refractivity contribution >= 4 is 0 Å². The minimum absolute atomic E-state index is 0.294. The van der Waals surface area contributed by atoms with Crippen molar-refractivity contribution in [3.05, 3.63) is 18.0 Å². The van der Waals surface area contributed by atoms with Crippen molar-refractivity contribution in [3.8, 4) is 0 Å². The minimum Gasteiger partial charge on any atom is -0.327 e. The second-order valence-electron chi connectivity index (χ2n) is 3.73. The molecule has 0 spiro atoms. The molecule has 0 amide bonds. The van der Waals surface area contributed by atoms with Gasteiger partial charge in [-0.05, 0) is 24.8 Å². The standard InChI is InChI=1S/C10H19N3/c1-4-10(11)8(2)7-9-5-6-13(3)12-9/h5-6,8,10H,4,7,11H2,1-3H3. The van der Waals surface area contributed by atoms with Crippen LogP contribution in [0.2, 0.25) is 0 Å². The maximum absolute atomic E-state index is 5.94. The van der Waals surface area contributed by atoms with Gasteiger partial charge in [-0.3, -0.25) is 4.68 Å². The number of hydrogen-bond donors (Lipinski definition) is 1. The quantitative estimate of drug-likeness (QED) is 0.761. The summed E-state index contributed by atoms with van der Waals surface area (Å²) in [5.41, 5.74) is 7.07. The summed E-state index contributed by atoms with van der Waals surface area (Å²) in [4.78, 5) is 0. The van der Waals surface area contributed by atoms with Gasteiger partial charge in [0.25, 0.3) is 0 Å². The van der Waals surface area contributed by atoms with Crippen LogP contribution in [0.4, 0.5) is 0 Å². The van der Waals surface area contributed by atoms with Gasteiger partial charge in [0.1, 0.15) is 0 Å². The van der Waals surface area contributed by atoms with Crippen molar-refractivity contribution in [3.63, 3.8) is 0 Å². The van der Waals surface area contributed by atoms with Gasteiger partial charge in [0.2, 0.25) is 0 Å². The molecule has 0 fully saturated rings. The van der Waals surface area contributed by atoms with Crippen LogP contribution in [0.15, 0.2) is 12.3 Å². The van der Waals surface area contributed by atoms with Gasteiger partial charge in [-0.25, -0.2) is 0 Å². The Labute approximate surface area is 79.9 Å². The number of hydrogen-bond acceptors (Lipinski definition) is 2. The zero-order valence-electron chi connectivity index (χ0n) is 8.70. The highest BCUT2D eigenvalue weighted by atomic mass is 15.2. The van der Waals surface area contributed by atoms with Crippen LogP contribution < -0.4 is 5.73 Å². The zero-order chi connectivity index (χ0) is 9.84. The number of nitrogens with two attached hydrogens (primary N) is 1. The zero-order valence-corrected chi connectivity index (χ0v) is 8.70. The van der Waals surface area contributed by atoms with Gasteiger partial charge in [-0.1, -0.05) is 13.8 Å². The Hall–Kier alpha value is -0.830. The SMILES string of the molecule is CCC(N)C(C)Cc1ccn(C)n1. The van der Waals surface area contributed by atoms with Crippen molar-refractivity contribution in [1.82, 2.24) is 9.78 Å². The number of aromatic nitrogens is 2. The molecular weight excluding hydrogens is 162 g/mol. The predicted molar refractivity (Wildman–Crippen MR) is 54.3 cm³/mol. The van der Waals surface area contributed by atoms with Gasteiger partial charge >= 0.3 is 0 Å². The molecule has 3 nitrogen and oxygen atoms in total. The summed E-state index contributed by atoms with van der Waals surface area (Å²) in [7, 11) is 1.94. The molecule has 0 saturated carbocycles. The Balaban J connectivity index is 2.49. The molecule has 0 aliphatic heterocycles. The summed E-state index contributed by atoms with van der Waals surface area (Å²) in [6, 6.07) is 2.35. The van der Waals surface area contributed by atoms with Crippen LogP contribution in [0.25, 0.3) is 0 Å². The Morgan fingerprint density at radius 3 is 2.77 bits per heavy atom. The molecule has 1 aromatic heterocycles. The third kappa shape index (κ3) is 2.84. The molecule has 74 valence electrons. The smallest absolute Gasteiger partial charge is 0.0627 e. The molecule has 1 heterocycles. The Morgan fingerprint density at radius 1 is 1.62 bits per heavy atom. The molecule has 3 heteroatoms. The normalized spacial score (nSPS) is 15.7. The van der Waals surface area contributed by atoms with Crippen molar-refractivity contribution in [2.45, 2.75) is 32.7 Å². The molecule has 0 aliphatic rings. The van der Waals surface area contributed by atoms with Gasteiger partial charge in [-0.15, -0.1) is 0 Å². The van der Waals surface area contributed by atoms with Crippen LogP contribution in [0, 0.1) is 5.92 Å². The van der Waals surface area contributed by atoms with Crippen molar-refractivity contribution < 1.29 is 0 Å². The van der Waals surface area contributed by atoms with E-state index < -0.39 is 0 Å². The summed E-state index contributed by atoms with van der Waals surface area (Å²) < 4.78 is 1.83. The van der Waals surface area contributed by atoms with Crippen LogP contribution in [0.3, 0.4) is 0 Å². The highest BCUT2D eigenvalue weighted by molar-refractivity contribution is 5.00. The fourth-order valence-corrected chi connectivity index (χ4v) is 1.46. The van der Waals surface area contributed by atoms with Gasteiger partial charge < -0.3 is 5.73 Å². The first-order valence-corrected chi connectivity index (χ1v) is 4.87. The topological polar surface area (TPSA) is 43.8 Å². The third-order valence-corrected chi connectivity index (χ3v) is 2.50. The molecular formula is C10H19N3. The molecule has 0 aromatic carbocycles. The van der Waals surface area contributed by atoms with E-state index >= 15 is 0 Å². The van der Waals surface area contributed by atoms with E-state index in [-0.39, 0.29) is 0 Å². The molecule has 2 unspecified atom stereocenters. The van der Waals surface area contributed by atoms with E-state index in [1.165, 1.54) is 0 Å². The number of aryl methyl sites for hydroxylation is 1. The van der Waals surface area contributed by atoms with Crippen LogP contribution in [0.1, 0.15) is 26.0 Å². The molecule has 0 aliphatic carbocycles. The van der Waals surface area contributed by atoms with Crippen molar-refractivity contribution in [1.29, 1.82) is 0 Å². The lowest BCUT2D eigenvalue weighted by atomic mass is 9.96. The molecule has 2 atom stereocenters. The fourth-order valence-electron chi connectivity index (χ4n) is 1.46. The second-order valence-corrected chi connectivity index (χ2v) is 3.73. The van der Waals surface area contributed by atoms with E-state index in [1.54, 1.807) is 0 Å². The largest absolute Gasteiger partial charge is 0.327 e. The van der Waals surface area contributed by atoms with Crippen LogP contribution >= 0.6 is 0 Å². The van der Waals surface area contributed by atoms with Gasteiger partial charge in [0.15, 0.2) is 0 Å². The van der Waals surface area contributed by atoms with E-state index in [0.717, 1.165) is 18.5 Å². The lowest BCUT2D eigenvalue weighted by Crippen LogP contribution is -2.28. The Bertz CT molecular complexity index is 254. The first kappa shape index (κ1) is 10.3. The van der Waals surface area contributed by atoms with Crippen molar-refractivity contribution in [2.24, 2.45) is 18.7 Å². The average molecular weight is 181 g/mol. The van der Waals surface area contributed by atoms with Crippen LogP contribution in [-0.4, -0.2) is 15.8 Å². The van der Waals surface area contributed by atoms with Gasteiger partial charge in [0.05, 0.1) is 5.69 Å². The maximum Gasteiger partial charge on any atom is 0.0627 e. The molecule has 13 heavy (non-hydrogen) atoms. The molecule has 1 rings (SSSR count). The average Bonchev–Trinajstić information content (AvgIpc) is 2.49. The monoisotopic (exact) mass is 181 g/mol. The van der Waals surface area contributed by atoms with Gasteiger partial charge in [0, 0.05) is 19.3 Å². The summed E-state index contributed by atoms with van der Waals surface area (Å²) in [6.45, 7) is 4.31. The van der Waals surface area contributed by atoms with Gasteiger partial charge in [-0.2, -0.15) is 5.10 Å². The maximum atomic E-state index is 5.94. The predicted octanol–water partition coefficient (Wildman–Crippen LogP) is 1.34. The highest BCUT2D eigenvalue weighted by Gasteiger charge is 2.12. The molecule has 0 bridgehead atoms. The summed E-state index contributed by atoms with van der Waals surface area (Å²) in [6.07, 6.45) is 3.99. The summed E-state index contributed by atoms with van der Waals surface area (Å²) >= 11 is 0. The summed E-state index contributed by atoms with van der Waals surface area (Å²) in [5.74, 6) is 0.514. The molecule has 0 saturated heterocycles. The molecule has 0 radical (unpaired) electrons. The van der Waals surface area contributed by atoms with E-state index in [1.807, 2.05) is 17.9 Å². The number of nitrogens with zero attached hydrogens (tertiary/aromatic N) is 2. The van der Waals surface area contributed by atoms with Crippen LogP contribution in [-0.2, 0) is 13.5 Å². The summed E-state index contributed by atoms with van der Waals surface area (Å²) in [5, 5.41) is 4.33. The first-order chi connectivity index (χ1) is 6.13. The van der Waals surface area contributed by atoms with E-state index in [9.17, 15) is 0 Å². The lowest BCUT2D eigenvalue weighted by Gasteiger charge is -2.16. The third-order valence-electron chi connectivity index (χ3n) is 2.50. The van der Waals surface area contributed by atoms with E-state index in [0.29, 0.717) is 12.0 Å². The Kier molecular flexibility index (Phi) is 3.48. The van der Waals surface area contributed by atoms with E-state index in [4.69, 9.17) is 5.73 Å². The van der Waals surface area contributed by atoms with Crippen molar-refractivity contribution in [2.75, 3.05) is 0 Å².